The predicted octanol–water partition coefficient (Wildman–Crippen LogP) is 1.22. The maximum atomic E-state index is 12.3. The van der Waals surface area contributed by atoms with Gasteiger partial charge in [0.2, 0.25) is 0 Å². The van der Waals surface area contributed by atoms with Crippen LogP contribution in [0, 0.1) is 16.7 Å². The molecule has 0 radical (unpaired) electrons. The van der Waals surface area contributed by atoms with Crippen molar-refractivity contribution in [3.8, 4) is 6.07 Å². The quantitative estimate of drug-likeness (QED) is 0.658. The van der Waals surface area contributed by atoms with Crippen molar-refractivity contribution in [1.82, 2.24) is 4.90 Å². The average Bonchev–Trinajstić information content (AvgIpc) is 2.56. The molecule has 0 aromatic heterocycles. The lowest BCUT2D eigenvalue weighted by molar-refractivity contribution is -0.209. The van der Waals surface area contributed by atoms with E-state index in [-0.39, 0.29) is 13.1 Å². The fourth-order valence-corrected chi connectivity index (χ4v) is 3.63. The highest BCUT2D eigenvalue weighted by Crippen LogP contribution is 2.68. The molecule has 0 atom stereocenters. The van der Waals surface area contributed by atoms with Crippen LogP contribution in [0.25, 0.3) is 0 Å². The maximum absolute atomic E-state index is 12.3. The molecule has 18 heavy (non-hydrogen) atoms. The number of hydrogen-bond donors (Lipinski definition) is 0. The minimum Gasteiger partial charge on any atom is -0.363 e. The van der Waals surface area contributed by atoms with E-state index in [0.717, 1.165) is 0 Å². The SMILES string of the molecule is CC12CC(C#N)(C1)C1(CN(C(=O)C(F)(F)F)C1)O2. The zero-order chi connectivity index (χ0) is 13.4. The summed E-state index contributed by atoms with van der Waals surface area (Å²) in [5.74, 6) is -1.85. The van der Waals surface area contributed by atoms with Crippen LogP contribution in [0.3, 0.4) is 0 Å². The van der Waals surface area contributed by atoms with Gasteiger partial charge in [0, 0.05) is 0 Å². The second kappa shape index (κ2) is 2.82. The molecule has 3 heterocycles. The number of halogens is 3. The first-order valence-electron chi connectivity index (χ1n) is 5.63. The Bertz CT molecular complexity index is 468. The van der Waals surface area contributed by atoms with Crippen molar-refractivity contribution in [2.24, 2.45) is 5.41 Å². The largest absolute Gasteiger partial charge is 0.471 e. The predicted molar refractivity (Wildman–Crippen MR) is 52.1 cm³/mol. The third kappa shape index (κ3) is 1.17. The van der Waals surface area contributed by atoms with Crippen LogP contribution in [-0.2, 0) is 9.53 Å². The summed E-state index contributed by atoms with van der Waals surface area (Å²) in [6.07, 6.45) is -3.76. The number of carbonyl (C=O) groups is 1. The average molecular weight is 260 g/mol. The lowest BCUT2D eigenvalue weighted by Gasteiger charge is -2.51. The molecule has 1 spiro atoms. The molecule has 1 saturated carbocycles. The molecule has 4 aliphatic rings. The van der Waals surface area contributed by atoms with E-state index in [0.29, 0.717) is 17.7 Å². The third-order valence-corrected chi connectivity index (χ3v) is 4.30. The molecule has 7 heteroatoms. The molecule has 0 aromatic rings. The first kappa shape index (κ1) is 11.8. The molecule has 2 bridgehead atoms. The van der Waals surface area contributed by atoms with Gasteiger partial charge in [-0.05, 0) is 19.8 Å². The fraction of sp³-hybridized carbons (Fsp3) is 0.818. The molecule has 4 nitrogen and oxygen atoms in total. The van der Waals surface area contributed by atoms with Crippen LogP contribution in [0.1, 0.15) is 19.8 Å². The van der Waals surface area contributed by atoms with Crippen molar-refractivity contribution in [2.75, 3.05) is 13.1 Å². The number of nitriles is 1. The van der Waals surface area contributed by atoms with Gasteiger partial charge in [-0.25, -0.2) is 0 Å². The van der Waals surface area contributed by atoms with Gasteiger partial charge in [0.05, 0.1) is 30.2 Å². The topological polar surface area (TPSA) is 53.3 Å². The first-order valence-corrected chi connectivity index (χ1v) is 5.63. The minimum absolute atomic E-state index is 0.130. The molecule has 1 amide bonds. The number of ether oxygens (including phenoxy) is 1. The van der Waals surface area contributed by atoms with Crippen molar-refractivity contribution >= 4 is 5.91 Å². The number of alkyl halides is 3. The van der Waals surface area contributed by atoms with Crippen LogP contribution in [-0.4, -0.2) is 41.3 Å². The minimum atomic E-state index is -4.85. The summed E-state index contributed by atoms with van der Waals surface area (Å²) in [4.78, 5) is 11.8. The number of nitrogens with zero attached hydrogens (tertiary/aromatic N) is 2. The molecule has 98 valence electrons. The highest BCUT2D eigenvalue weighted by molar-refractivity contribution is 5.83. The van der Waals surface area contributed by atoms with E-state index in [2.05, 4.69) is 6.07 Å². The summed E-state index contributed by atoms with van der Waals surface area (Å²) in [5.41, 5.74) is -1.98. The van der Waals surface area contributed by atoms with Crippen LogP contribution < -0.4 is 0 Å². The van der Waals surface area contributed by atoms with Crippen LogP contribution in [0.4, 0.5) is 13.2 Å². The number of rotatable bonds is 0. The summed E-state index contributed by atoms with van der Waals surface area (Å²) in [7, 11) is 0. The normalized spacial score (nSPS) is 40.1. The first-order chi connectivity index (χ1) is 8.15. The zero-order valence-electron chi connectivity index (χ0n) is 9.67. The van der Waals surface area contributed by atoms with Gasteiger partial charge in [-0.1, -0.05) is 0 Å². The van der Waals surface area contributed by atoms with Crippen molar-refractivity contribution in [2.45, 2.75) is 37.1 Å². The Morgan fingerprint density at radius 1 is 1.39 bits per heavy atom. The third-order valence-electron chi connectivity index (χ3n) is 4.30. The summed E-state index contributed by atoms with van der Waals surface area (Å²) in [6.45, 7) is 1.59. The smallest absolute Gasteiger partial charge is 0.363 e. The maximum Gasteiger partial charge on any atom is 0.471 e. The van der Waals surface area contributed by atoms with Crippen LogP contribution in [0.15, 0.2) is 0 Å². The van der Waals surface area contributed by atoms with E-state index >= 15 is 0 Å². The lowest BCUT2D eigenvalue weighted by atomic mass is 9.55. The van der Waals surface area contributed by atoms with Gasteiger partial charge in [-0.3, -0.25) is 4.79 Å². The van der Waals surface area contributed by atoms with E-state index in [4.69, 9.17) is 4.74 Å². The molecule has 0 unspecified atom stereocenters. The Morgan fingerprint density at radius 3 is 2.39 bits per heavy atom. The number of likely N-dealkylation sites (tertiary alicyclic amines) is 1. The second-order valence-electron chi connectivity index (χ2n) is 5.75. The Balaban J connectivity index is 1.77. The van der Waals surface area contributed by atoms with Gasteiger partial charge < -0.3 is 9.64 Å². The highest BCUT2D eigenvalue weighted by Gasteiger charge is 2.78. The number of amides is 1. The van der Waals surface area contributed by atoms with Crippen molar-refractivity contribution in [1.29, 1.82) is 5.26 Å². The van der Waals surface area contributed by atoms with Crippen LogP contribution in [0.2, 0.25) is 0 Å². The standard InChI is InChI=1S/C11H11F3N2O2/c1-8-2-9(3-8,4-15)10(18-8)5-16(6-10)7(17)11(12,13)14/h2-3,5-6H2,1H3. The molecule has 4 rings (SSSR count). The van der Waals surface area contributed by atoms with E-state index in [9.17, 15) is 23.2 Å². The Kier molecular flexibility index (Phi) is 1.85. The van der Waals surface area contributed by atoms with Gasteiger partial charge in [0.15, 0.2) is 0 Å². The second-order valence-corrected chi connectivity index (χ2v) is 5.75. The van der Waals surface area contributed by atoms with Crippen molar-refractivity contribution < 1.29 is 22.7 Å². The van der Waals surface area contributed by atoms with Crippen LogP contribution in [0.5, 0.6) is 0 Å². The molecule has 0 N–H and O–H groups in total. The van der Waals surface area contributed by atoms with Crippen molar-refractivity contribution in [3.05, 3.63) is 0 Å². The van der Waals surface area contributed by atoms with Gasteiger partial charge in [0.25, 0.3) is 0 Å². The molecule has 3 saturated heterocycles. The Hall–Kier alpha value is -1.29. The van der Waals surface area contributed by atoms with E-state index in [1.54, 1.807) is 0 Å². The number of hydrogen-bond acceptors (Lipinski definition) is 3. The van der Waals surface area contributed by atoms with Crippen LogP contribution >= 0.6 is 0 Å². The lowest BCUT2D eigenvalue weighted by Crippen LogP contribution is -2.70. The molecule has 0 aromatic carbocycles. The monoisotopic (exact) mass is 260 g/mol. The summed E-state index contributed by atoms with van der Waals surface area (Å²) < 4.78 is 42.5. The number of carbonyl (C=O) groups excluding carboxylic acids is 1. The molecular weight excluding hydrogens is 249 g/mol. The summed E-state index contributed by atoms with van der Waals surface area (Å²) in [6, 6.07) is 2.18. The summed E-state index contributed by atoms with van der Waals surface area (Å²) >= 11 is 0. The van der Waals surface area contributed by atoms with Gasteiger partial charge in [0.1, 0.15) is 5.60 Å². The van der Waals surface area contributed by atoms with Gasteiger partial charge >= 0.3 is 12.1 Å². The van der Waals surface area contributed by atoms with E-state index in [1.165, 1.54) is 0 Å². The van der Waals surface area contributed by atoms with E-state index < -0.39 is 28.7 Å². The van der Waals surface area contributed by atoms with Crippen molar-refractivity contribution in [3.63, 3.8) is 0 Å². The highest BCUT2D eigenvalue weighted by atomic mass is 19.4. The van der Waals surface area contributed by atoms with E-state index in [1.807, 2.05) is 6.92 Å². The van der Waals surface area contributed by atoms with Gasteiger partial charge in [-0.15, -0.1) is 0 Å². The molecule has 3 aliphatic heterocycles. The molecule has 1 aliphatic carbocycles. The summed E-state index contributed by atoms with van der Waals surface area (Å²) in [5, 5.41) is 9.21. The van der Waals surface area contributed by atoms with Gasteiger partial charge in [-0.2, -0.15) is 18.4 Å². The Morgan fingerprint density at radius 2 is 1.94 bits per heavy atom. The molecule has 4 fully saturated rings. The Labute approximate surface area is 101 Å². The fourth-order valence-electron chi connectivity index (χ4n) is 3.63. The molecular formula is C11H11F3N2O2. The zero-order valence-corrected chi connectivity index (χ0v) is 9.67.